The fraction of sp³-hybridized carbons (Fsp3) is 0.400. The van der Waals surface area contributed by atoms with Crippen LogP contribution in [0.2, 0.25) is 0 Å². The maximum atomic E-state index is 13.4. The van der Waals surface area contributed by atoms with Crippen LogP contribution < -0.4 is 4.74 Å². The largest absolute Gasteiger partial charge is 0.573 e. The number of carbonyl (C=O) groups is 1. The Hall–Kier alpha value is -1.38. The molecule has 9 heteroatoms. The topological polar surface area (TPSA) is 48.4 Å². The molecule has 0 N–H and O–H groups in total. The monoisotopic (exact) mass is 345 g/mol. The van der Waals surface area contributed by atoms with E-state index in [1.165, 1.54) is 6.92 Å². The van der Waals surface area contributed by atoms with E-state index in [0.717, 1.165) is 0 Å². The Labute approximate surface area is 113 Å². The first-order chi connectivity index (χ1) is 8.80. The number of aromatic nitrogens is 1. The lowest BCUT2D eigenvalue weighted by molar-refractivity contribution is -0.275. The minimum Gasteiger partial charge on any atom is -0.461 e. The molecular formula is C10H8BrF4NO3. The quantitative estimate of drug-likeness (QED) is 0.477. The van der Waals surface area contributed by atoms with Gasteiger partial charge in [0.05, 0.1) is 12.8 Å². The van der Waals surface area contributed by atoms with Crippen LogP contribution in [0.15, 0.2) is 6.20 Å². The zero-order chi connectivity index (χ0) is 14.6. The lowest BCUT2D eigenvalue weighted by atomic mass is 10.2. The van der Waals surface area contributed by atoms with Gasteiger partial charge in [0.2, 0.25) is 0 Å². The molecule has 0 aliphatic carbocycles. The third-order valence-electron chi connectivity index (χ3n) is 1.90. The van der Waals surface area contributed by atoms with Crippen molar-refractivity contribution in [2.24, 2.45) is 0 Å². The Balaban J connectivity index is 3.34. The number of carbonyl (C=O) groups excluding carboxylic acids is 1. The van der Waals surface area contributed by atoms with Crippen LogP contribution in [0.1, 0.15) is 23.0 Å². The van der Waals surface area contributed by atoms with Crippen LogP contribution in [0.25, 0.3) is 0 Å². The van der Waals surface area contributed by atoms with Crippen molar-refractivity contribution in [3.05, 3.63) is 23.3 Å². The average molecular weight is 346 g/mol. The number of rotatable bonds is 4. The maximum Gasteiger partial charge on any atom is 0.573 e. The third kappa shape index (κ3) is 4.05. The summed E-state index contributed by atoms with van der Waals surface area (Å²) in [5, 5.41) is -0.279. The summed E-state index contributed by atoms with van der Waals surface area (Å²) in [7, 11) is 0. The van der Waals surface area contributed by atoms with Crippen LogP contribution in [0, 0.1) is 5.82 Å². The third-order valence-corrected chi connectivity index (χ3v) is 2.47. The van der Waals surface area contributed by atoms with E-state index >= 15 is 0 Å². The molecule has 1 aromatic heterocycles. The molecule has 0 saturated carbocycles. The van der Waals surface area contributed by atoms with Gasteiger partial charge in [-0.2, -0.15) is 0 Å². The highest BCUT2D eigenvalue weighted by Gasteiger charge is 2.36. The summed E-state index contributed by atoms with van der Waals surface area (Å²) in [5.41, 5.74) is -1.19. The van der Waals surface area contributed by atoms with Crippen molar-refractivity contribution in [1.29, 1.82) is 0 Å². The normalized spacial score (nSPS) is 11.3. The molecule has 0 aliphatic heterocycles. The first kappa shape index (κ1) is 15.7. The summed E-state index contributed by atoms with van der Waals surface area (Å²) >= 11 is 2.82. The molecule has 0 unspecified atom stereocenters. The fourth-order valence-electron chi connectivity index (χ4n) is 1.20. The number of nitrogens with zero attached hydrogens (tertiary/aromatic N) is 1. The molecule has 0 amide bonds. The molecule has 0 spiro atoms. The molecular weight excluding hydrogens is 338 g/mol. The van der Waals surface area contributed by atoms with Crippen LogP contribution in [-0.4, -0.2) is 23.9 Å². The molecule has 0 atom stereocenters. The van der Waals surface area contributed by atoms with Crippen molar-refractivity contribution in [3.8, 4) is 5.75 Å². The molecule has 4 nitrogen and oxygen atoms in total. The molecule has 106 valence electrons. The van der Waals surface area contributed by atoms with Crippen molar-refractivity contribution in [2.45, 2.75) is 18.6 Å². The van der Waals surface area contributed by atoms with Gasteiger partial charge in [-0.05, 0) is 6.92 Å². The number of pyridine rings is 1. The maximum absolute atomic E-state index is 13.4. The second kappa shape index (κ2) is 6.18. The van der Waals surface area contributed by atoms with Gasteiger partial charge < -0.3 is 9.47 Å². The van der Waals surface area contributed by atoms with Crippen LogP contribution in [-0.2, 0) is 10.1 Å². The van der Waals surface area contributed by atoms with Crippen molar-refractivity contribution >= 4 is 21.9 Å². The Morgan fingerprint density at radius 1 is 1.47 bits per heavy atom. The molecule has 0 bridgehead atoms. The van der Waals surface area contributed by atoms with E-state index < -0.39 is 35.2 Å². The summed E-state index contributed by atoms with van der Waals surface area (Å²) in [6.07, 6.45) is -4.44. The first-order valence-electron chi connectivity index (χ1n) is 4.96. The van der Waals surface area contributed by atoms with Crippen LogP contribution in [0.3, 0.4) is 0 Å². The van der Waals surface area contributed by atoms with Gasteiger partial charge in [0.15, 0.2) is 11.4 Å². The van der Waals surface area contributed by atoms with Gasteiger partial charge in [-0.1, -0.05) is 15.9 Å². The van der Waals surface area contributed by atoms with E-state index in [-0.39, 0.29) is 11.9 Å². The standard InChI is InChI=1S/C10H8BrF4NO3/c1-2-18-9(17)7-8(19-10(13,14)15)5(3-11)6(12)4-16-7/h4H,2-3H2,1H3. The van der Waals surface area contributed by atoms with E-state index in [4.69, 9.17) is 0 Å². The molecule has 0 aromatic carbocycles. The number of hydrogen-bond acceptors (Lipinski definition) is 4. The minimum atomic E-state index is -5.08. The number of esters is 1. The predicted molar refractivity (Wildman–Crippen MR) is 59.5 cm³/mol. The van der Waals surface area contributed by atoms with Gasteiger partial charge in [-0.15, -0.1) is 13.2 Å². The van der Waals surface area contributed by atoms with Crippen LogP contribution >= 0.6 is 15.9 Å². The second-order valence-electron chi connectivity index (χ2n) is 3.16. The van der Waals surface area contributed by atoms with E-state index in [2.05, 4.69) is 30.4 Å². The summed E-state index contributed by atoms with van der Waals surface area (Å²) in [4.78, 5) is 14.8. The number of alkyl halides is 4. The Morgan fingerprint density at radius 2 is 2.11 bits per heavy atom. The lowest BCUT2D eigenvalue weighted by Gasteiger charge is -2.15. The van der Waals surface area contributed by atoms with Gasteiger partial charge in [-0.3, -0.25) is 0 Å². The van der Waals surface area contributed by atoms with Gasteiger partial charge >= 0.3 is 12.3 Å². The van der Waals surface area contributed by atoms with Gasteiger partial charge in [0, 0.05) is 10.9 Å². The predicted octanol–water partition coefficient (Wildman–Crippen LogP) is 3.19. The van der Waals surface area contributed by atoms with E-state index in [9.17, 15) is 22.4 Å². The molecule has 1 aromatic rings. The highest BCUT2D eigenvalue weighted by atomic mass is 79.9. The van der Waals surface area contributed by atoms with Crippen molar-refractivity contribution < 1.29 is 31.8 Å². The fourth-order valence-corrected chi connectivity index (χ4v) is 1.73. The molecule has 19 heavy (non-hydrogen) atoms. The zero-order valence-electron chi connectivity index (χ0n) is 9.55. The summed E-state index contributed by atoms with van der Waals surface area (Å²) in [5.74, 6) is -3.14. The SMILES string of the molecule is CCOC(=O)c1ncc(F)c(CBr)c1OC(F)(F)F. The van der Waals surface area contributed by atoms with Crippen molar-refractivity contribution in [2.75, 3.05) is 6.61 Å². The van der Waals surface area contributed by atoms with E-state index in [1.807, 2.05) is 0 Å². The molecule has 0 fully saturated rings. The Morgan fingerprint density at radius 3 is 2.58 bits per heavy atom. The van der Waals surface area contributed by atoms with Crippen LogP contribution in [0.4, 0.5) is 17.6 Å². The molecule has 0 radical (unpaired) electrons. The summed E-state index contributed by atoms with van der Waals surface area (Å²) in [6, 6.07) is 0. The second-order valence-corrected chi connectivity index (χ2v) is 3.73. The van der Waals surface area contributed by atoms with Crippen LogP contribution in [0.5, 0.6) is 5.75 Å². The minimum absolute atomic E-state index is 0.0625. The Bertz CT molecular complexity index is 479. The van der Waals surface area contributed by atoms with E-state index in [1.54, 1.807) is 0 Å². The van der Waals surface area contributed by atoms with Crippen molar-refractivity contribution in [1.82, 2.24) is 4.98 Å². The van der Waals surface area contributed by atoms with Crippen molar-refractivity contribution in [3.63, 3.8) is 0 Å². The highest BCUT2D eigenvalue weighted by Crippen LogP contribution is 2.32. The zero-order valence-corrected chi connectivity index (χ0v) is 11.1. The van der Waals surface area contributed by atoms with Gasteiger partial charge in [-0.25, -0.2) is 14.2 Å². The molecule has 1 rings (SSSR count). The first-order valence-corrected chi connectivity index (χ1v) is 6.08. The van der Waals surface area contributed by atoms with Gasteiger partial charge in [0.25, 0.3) is 0 Å². The number of hydrogen-bond donors (Lipinski definition) is 0. The average Bonchev–Trinajstić information content (AvgIpc) is 2.27. The summed E-state index contributed by atoms with van der Waals surface area (Å²) < 4.78 is 58.4. The lowest BCUT2D eigenvalue weighted by Crippen LogP contribution is -2.22. The molecule has 1 heterocycles. The number of halogens is 5. The highest BCUT2D eigenvalue weighted by molar-refractivity contribution is 9.08. The summed E-state index contributed by atoms with van der Waals surface area (Å²) in [6.45, 7) is 1.41. The van der Waals surface area contributed by atoms with E-state index in [0.29, 0.717) is 6.20 Å². The molecule has 0 aliphatic rings. The number of ether oxygens (including phenoxy) is 2. The Kier molecular flexibility index (Phi) is 5.10. The molecule has 0 saturated heterocycles. The smallest absolute Gasteiger partial charge is 0.461 e. The van der Waals surface area contributed by atoms with Gasteiger partial charge in [0.1, 0.15) is 5.82 Å².